The van der Waals surface area contributed by atoms with Crippen LogP contribution in [0.2, 0.25) is 0 Å². The lowest BCUT2D eigenvalue weighted by atomic mass is 10.1. The van der Waals surface area contributed by atoms with E-state index in [0.29, 0.717) is 6.10 Å². The molecule has 2 rings (SSSR count). The summed E-state index contributed by atoms with van der Waals surface area (Å²) < 4.78 is 11.3. The summed E-state index contributed by atoms with van der Waals surface area (Å²) in [6.07, 6.45) is 2.27. The third-order valence-corrected chi connectivity index (χ3v) is 3.22. The van der Waals surface area contributed by atoms with E-state index in [1.54, 1.807) is 7.11 Å². The molecule has 0 atom stereocenters. The quantitative estimate of drug-likeness (QED) is 0.826. The van der Waals surface area contributed by atoms with Crippen molar-refractivity contribution < 1.29 is 9.47 Å². The summed E-state index contributed by atoms with van der Waals surface area (Å²) in [5, 5.41) is 0. The van der Waals surface area contributed by atoms with Gasteiger partial charge in [-0.2, -0.15) is 0 Å². The number of nitrogens with two attached hydrogens (primary N) is 1. The van der Waals surface area contributed by atoms with Crippen LogP contribution in [0, 0.1) is 0 Å². The number of likely N-dealkylation sites (N-methyl/N-ethyl adjacent to an activating group) is 1. The Morgan fingerprint density at radius 2 is 2.11 bits per heavy atom. The normalized spacial score (nSPS) is 16.4. The predicted octanol–water partition coefficient (Wildman–Crippen LogP) is 1.28. The molecule has 0 amide bonds. The van der Waals surface area contributed by atoms with Crippen molar-refractivity contribution in [2.24, 2.45) is 5.73 Å². The number of nitrogens with zero attached hydrogens (tertiary/aromatic N) is 1. The van der Waals surface area contributed by atoms with Crippen LogP contribution in [0.25, 0.3) is 0 Å². The highest BCUT2D eigenvalue weighted by Gasteiger charge is 2.25. The first-order valence-corrected chi connectivity index (χ1v) is 6.45. The second kappa shape index (κ2) is 6.07. The maximum absolute atomic E-state index is 5.91. The van der Waals surface area contributed by atoms with Crippen LogP contribution in [0.3, 0.4) is 0 Å². The van der Waals surface area contributed by atoms with Gasteiger partial charge in [0, 0.05) is 13.1 Å². The molecule has 1 aliphatic heterocycles. The Bertz CT molecular complexity index is 389. The molecule has 1 aromatic carbocycles. The third-order valence-electron chi connectivity index (χ3n) is 3.22. The van der Waals surface area contributed by atoms with Gasteiger partial charge in [0.05, 0.1) is 7.11 Å². The highest BCUT2D eigenvalue weighted by Crippen LogP contribution is 2.30. The van der Waals surface area contributed by atoms with E-state index in [-0.39, 0.29) is 0 Å². The third kappa shape index (κ3) is 3.15. The molecule has 0 bridgehead atoms. The van der Waals surface area contributed by atoms with Gasteiger partial charge in [0.1, 0.15) is 6.10 Å². The van der Waals surface area contributed by atoms with E-state index in [0.717, 1.165) is 44.0 Å². The second-order valence-corrected chi connectivity index (χ2v) is 4.84. The van der Waals surface area contributed by atoms with Gasteiger partial charge >= 0.3 is 0 Å². The molecule has 1 heterocycles. The van der Waals surface area contributed by atoms with Crippen molar-refractivity contribution in [3.8, 4) is 11.5 Å². The van der Waals surface area contributed by atoms with Gasteiger partial charge in [-0.3, -0.25) is 4.90 Å². The average Bonchev–Trinajstić information content (AvgIpc) is 2.35. The first-order chi connectivity index (χ1) is 8.72. The highest BCUT2D eigenvalue weighted by atomic mass is 16.5. The monoisotopic (exact) mass is 250 g/mol. The van der Waals surface area contributed by atoms with Crippen molar-refractivity contribution in [2.75, 3.05) is 33.8 Å². The van der Waals surface area contributed by atoms with Crippen molar-refractivity contribution >= 4 is 0 Å². The fourth-order valence-corrected chi connectivity index (χ4v) is 2.17. The molecule has 1 fully saturated rings. The van der Waals surface area contributed by atoms with Gasteiger partial charge in [0.25, 0.3) is 0 Å². The van der Waals surface area contributed by atoms with Gasteiger partial charge in [0.2, 0.25) is 0 Å². The van der Waals surface area contributed by atoms with Crippen molar-refractivity contribution in [2.45, 2.75) is 18.9 Å². The molecule has 0 aliphatic carbocycles. The maximum atomic E-state index is 5.91. The molecule has 1 saturated heterocycles. The molecule has 0 unspecified atom stereocenters. The molecule has 0 radical (unpaired) electrons. The number of benzene rings is 1. The van der Waals surface area contributed by atoms with E-state index in [4.69, 9.17) is 15.2 Å². The first kappa shape index (κ1) is 13.2. The fraction of sp³-hybridized carbons (Fsp3) is 0.571. The lowest BCUT2D eigenvalue weighted by Crippen LogP contribution is -2.51. The minimum atomic E-state index is 0.291. The molecule has 1 aliphatic rings. The van der Waals surface area contributed by atoms with E-state index >= 15 is 0 Å². The average molecular weight is 250 g/mol. The van der Waals surface area contributed by atoms with Crippen LogP contribution in [0.5, 0.6) is 11.5 Å². The van der Waals surface area contributed by atoms with Crippen molar-refractivity contribution in [3.05, 3.63) is 23.8 Å². The van der Waals surface area contributed by atoms with E-state index in [9.17, 15) is 0 Å². The van der Waals surface area contributed by atoms with E-state index in [1.807, 2.05) is 12.1 Å². The molecule has 0 saturated carbocycles. The minimum Gasteiger partial charge on any atom is -0.493 e. The van der Waals surface area contributed by atoms with Crippen molar-refractivity contribution in [3.63, 3.8) is 0 Å². The van der Waals surface area contributed by atoms with Crippen LogP contribution in [0.4, 0.5) is 0 Å². The zero-order valence-electron chi connectivity index (χ0n) is 11.2. The van der Waals surface area contributed by atoms with Gasteiger partial charge in [-0.25, -0.2) is 0 Å². The molecule has 4 heteroatoms. The molecule has 2 N–H and O–H groups in total. The standard InChI is InChI=1S/C14H22N2O2/c1-16-9-12(10-16)18-13-6-5-11(4-3-7-15)8-14(13)17-2/h5-6,8,12H,3-4,7,9-10,15H2,1-2H3. The molecule has 4 nitrogen and oxygen atoms in total. The summed E-state index contributed by atoms with van der Waals surface area (Å²) in [6.45, 7) is 2.69. The number of hydrogen-bond donors (Lipinski definition) is 1. The second-order valence-electron chi connectivity index (χ2n) is 4.84. The van der Waals surface area contributed by atoms with Crippen LogP contribution in [-0.2, 0) is 6.42 Å². The summed E-state index contributed by atoms with van der Waals surface area (Å²) in [6, 6.07) is 6.15. The molecule has 18 heavy (non-hydrogen) atoms. The maximum Gasteiger partial charge on any atom is 0.161 e. The Morgan fingerprint density at radius 1 is 1.33 bits per heavy atom. The van der Waals surface area contributed by atoms with Gasteiger partial charge in [-0.05, 0) is 44.1 Å². The molecule has 1 aromatic rings. The predicted molar refractivity (Wildman–Crippen MR) is 72.3 cm³/mol. The van der Waals surface area contributed by atoms with Crippen LogP contribution in [0.1, 0.15) is 12.0 Å². The largest absolute Gasteiger partial charge is 0.493 e. The molecule has 100 valence electrons. The van der Waals surface area contributed by atoms with Crippen LogP contribution < -0.4 is 15.2 Å². The van der Waals surface area contributed by atoms with Gasteiger partial charge < -0.3 is 15.2 Å². The van der Waals surface area contributed by atoms with E-state index in [2.05, 4.69) is 18.0 Å². The zero-order chi connectivity index (χ0) is 13.0. The van der Waals surface area contributed by atoms with Gasteiger partial charge in [0.15, 0.2) is 11.5 Å². The summed E-state index contributed by atoms with van der Waals surface area (Å²) >= 11 is 0. The zero-order valence-corrected chi connectivity index (χ0v) is 11.2. The first-order valence-electron chi connectivity index (χ1n) is 6.45. The Balaban J connectivity index is 2.01. The summed E-state index contributed by atoms with van der Waals surface area (Å²) in [4.78, 5) is 2.23. The van der Waals surface area contributed by atoms with Crippen molar-refractivity contribution in [1.29, 1.82) is 0 Å². The number of aryl methyl sites for hydroxylation is 1. The van der Waals surface area contributed by atoms with Crippen LogP contribution in [-0.4, -0.2) is 44.8 Å². The summed E-state index contributed by atoms with van der Waals surface area (Å²) in [5.41, 5.74) is 6.77. The molecular formula is C14H22N2O2. The Hall–Kier alpha value is -1.26. The summed E-state index contributed by atoms with van der Waals surface area (Å²) in [5.74, 6) is 1.66. The van der Waals surface area contributed by atoms with E-state index in [1.165, 1.54) is 5.56 Å². The number of methoxy groups -OCH3 is 1. The number of ether oxygens (including phenoxy) is 2. The van der Waals surface area contributed by atoms with E-state index < -0.39 is 0 Å². The number of rotatable bonds is 6. The SMILES string of the molecule is COc1cc(CCCN)ccc1OC1CN(C)C1. The lowest BCUT2D eigenvalue weighted by molar-refractivity contribution is 0.0369. The minimum absolute atomic E-state index is 0.291. The number of likely N-dealkylation sites (tertiary alicyclic amines) is 1. The van der Waals surface area contributed by atoms with Gasteiger partial charge in [-0.1, -0.05) is 6.07 Å². The van der Waals surface area contributed by atoms with Gasteiger partial charge in [-0.15, -0.1) is 0 Å². The molecular weight excluding hydrogens is 228 g/mol. The summed E-state index contributed by atoms with van der Waals surface area (Å²) in [7, 11) is 3.77. The molecule has 0 spiro atoms. The topological polar surface area (TPSA) is 47.7 Å². The molecule has 0 aromatic heterocycles. The fourth-order valence-electron chi connectivity index (χ4n) is 2.17. The van der Waals surface area contributed by atoms with Crippen molar-refractivity contribution in [1.82, 2.24) is 4.90 Å². The Morgan fingerprint density at radius 3 is 2.72 bits per heavy atom. The lowest BCUT2D eigenvalue weighted by Gasteiger charge is -2.36. The highest BCUT2D eigenvalue weighted by molar-refractivity contribution is 5.43. The van der Waals surface area contributed by atoms with Crippen LogP contribution >= 0.6 is 0 Å². The number of hydrogen-bond acceptors (Lipinski definition) is 4. The Kier molecular flexibility index (Phi) is 4.44. The smallest absolute Gasteiger partial charge is 0.161 e. The van der Waals surface area contributed by atoms with Crippen LogP contribution in [0.15, 0.2) is 18.2 Å². The Labute approximate surface area is 109 Å².